The van der Waals surface area contributed by atoms with E-state index in [1.807, 2.05) is 25.1 Å². The topological polar surface area (TPSA) is 32.3 Å². The van der Waals surface area contributed by atoms with Gasteiger partial charge in [-0.1, -0.05) is 0 Å². The van der Waals surface area contributed by atoms with E-state index in [4.69, 9.17) is 0 Å². The van der Waals surface area contributed by atoms with E-state index in [9.17, 15) is 4.79 Å². The van der Waals surface area contributed by atoms with Crippen molar-refractivity contribution in [1.29, 1.82) is 0 Å². The van der Waals surface area contributed by atoms with Crippen LogP contribution >= 0.6 is 12.6 Å². The molecular formula is C14H20N2OS. The molecule has 1 aromatic rings. The summed E-state index contributed by atoms with van der Waals surface area (Å²) in [5.41, 5.74) is 1.76. The fraction of sp³-hybridized carbons (Fsp3) is 0.500. The summed E-state index contributed by atoms with van der Waals surface area (Å²) in [4.78, 5) is 15.3. The molecule has 0 atom stereocenters. The monoisotopic (exact) mass is 264 g/mol. The minimum atomic E-state index is 0.0287. The molecule has 0 spiro atoms. The number of benzene rings is 1. The van der Waals surface area contributed by atoms with Crippen LogP contribution in [0.3, 0.4) is 0 Å². The first-order chi connectivity index (χ1) is 8.56. The molecule has 1 saturated heterocycles. The van der Waals surface area contributed by atoms with Gasteiger partial charge in [-0.15, -0.1) is 12.6 Å². The number of aryl methyl sites for hydroxylation is 1. The first-order valence-corrected chi connectivity index (χ1v) is 6.80. The fourth-order valence-electron chi connectivity index (χ4n) is 2.22. The van der Waals surface area contributed by atoms with Gasteiger partial charge >= 0.3 is 0 Å². The highest BCUT2D eigenvalue weighted by Gasteiger charge is 2.19. The summed E-state index contributed by atoms with van der Waals surface area (Å²) in [6.45, 7) is 4.08. The number of hydrogen-bond acceptors (Lipinski definition) is 3. The number of rotatable bonds is 2. The van der Waals surface area contributed by atoms with E-state index in [0.29, 0.717) is 6.04 Å². The Labute approximate surface area is 114 Å². The number of likely N-dealkylation sites (tertiary alicyclic amines) is 1. The van der Waals surface area contributed by atoms with Gasteiger partial charge in [0.1, 0.15) is 0 Å². The molecule has 1 amide bonds. The third kappa shape index (κ3) is 3.27. The number of thiol groups is 1. The van der Waals surface area contributed by atoms with Crippen molar-refractivity contribution in [3.63, 3.8) is 0 Å². The van der Waals surface area contributed by atoms with Crippen molar-refractivity contribution in [2.24, 2.45) is 0 Å². The van der Waals surface area contributed by atoms with Crippen molar-refractivity contribution in [2.75, 3.05) is 20.1 Å². The number of carbonyl (C=O) groups is 1. The van der Waals surface area contributed by atoms with Crippen LogP contribution in [0, 0.1) is 6.92 Å². The Morgan fingerprint density at radius 1 is 1.39 bits per heavy atom. The molecule has 0 aromatic heterocycles. The van der Waals surface area contributed by atoms with Gasteiger partial charge in [-0.25, -0.2) is 0 Å². The minimum Gasteiger partial charge on any atom is -0.349 e. The SMILES string of the molecule is Cc1cc(C(=O)NC2CCN(C)CC2)ccc1S. The van der Waals surface area contributed by atoms with Crippen molar-refractivity contribution in [1.82, 2.24) is 10.2 Å². The normalized spacial score (nSPS) is 17.7. The number of nitrogens with one attached hydrogen (secondary N) is 1. The van der Waals surface area contributed by atoms with E-state index in [2.05, 4.69) is 29.9 Å². The summed E-state index contributed by atoms with van der Waals surface area (Å²) in [6.07, 6.45) is 2.07. The summed E-state index contributed by atoms with van der Waals surface area (Å²) < 4.78 is 0. The van der Waals surface area contributed by atoms with Crippen molar-refractivity contribution in [3.8, 4) is 0 Å². The van der Waals surface area contributed by atoms with Crippen LogP contribution in [0.5, 0.6) is 0 Å². The second-order valence-electron chi connectivity index (χ2n) is 5.05. The quantitative estimate of drug-likeness (QED) is 0.802. The Bertz CT molecular complexity index is 439. The molecule has 4 heteroatoms. The molecule has 0 bridgehead atoms. The van der Waals surface area contributed by atoms with Crippen LogP contribution < -0.4 is 5.32 Å². The van der Waals surface area contributed by atoms with Gasteiger partial charge in [0.2, 0.25) is 0 Å². The average Bonchev–Trinajstić information content (AvgIpc) is 2.35. The highest BCUT2D eigenvalue weighted by atomic mass is 32.1. The van der Waals surface area contributed by atoms with Crippen LogP contribution in [0.15, 0.2) is 23.1 Å². The van der Waals surface area contributed by atoms with E-state index in [-0.39, 0.29) is 5.91 Å². The van der Waals surface area contributed by atoms with Gasteiger partial charge in [0.05, 0.1) is 0 Å². The second kappa shape index (κ2) is 5.76. The van der Waals surface area contributed by atoms with Crippen molar-refractivity contribution < 1.29 is 4.79 Å². The predicted molar refractivity (Wildman–Crippen MR) is 76.4 cm³/mol. The van der Waals surface area contributed by atoms with Crippen molar-refractivity contribution in [2.45, 2.75) is 30.7 Å². The van der Waals surface area contributed by atoms with Crippen LogP contribution in [0.1, 0.15) is 28.8 Å². The van der Waals surface area contributed by atoms with Gasteiger partial charge in [0.25, 0.3) is 5.91 Å². The zero-order chi connectivity index (χ0) is 13.1. The zero-order valence-electron chi connectivity index (χ0n) is 10.9. The lowest BCUT2D eigenvalue weighted by molar-refractivity contribution is 0.0916. The van der Waals surface area contributed by atoms with Crippen LogP contribution in [0.4, 0.5) is 0 Å². The average molecular weight is 264 g/mol. The highest BCUT2D eigenvalue weighted by molar-refractivity contribution is 7.80. The molecule has 0 aliphatic carbocycles. The number of nitrogens with zero attached hydrogens (tertiary/aromatic N) is 1. The van der Waals surface area contributed by atoms with Crippen LogP contribution in [-0.4, -0.2) is 37.0 Å². The first kappa shape index (κ1) is 13.4. The predicted octanol–water partition coefficient (Wildman–Crippen LogP) is 2.11. The number of carbonyl (C=O) groups excluding carboxylic acids is 1. The molecule has 0 unspecified atom stereocenters. The fourth-order valence-corrected chi connectivity index (χ4v) is 2.36. The third-order valence-corrected chi connectivity index (χ3v) is 4.01. The van der Waals surface area contributed by atoms with E-state index < -0.39 is 0 Å². The molecule has 98 valence electrons. The summed E-state index contributed by atoms with van der Waals surface area (Å²) >= 11 is 4.32. The van der Waals surface area contributed by atoms with E-state index in [1.54, 1.807) is 0 Å². The molecular weight excluding hydrogens is 244 g/mol. The summed E-state index contributed by atoms with van der Waals surface area (Å²) in [6, 6.07) is 5.92. The summed E-state index contributed by atoms with van der Waals surface area (Å²) in [7, 11) is 2.12. The number of hydrogen-bond donors (Lipinski definition) is 2. The Balaban J connectivity index is 1.97. The van der Waals surface area contributed by atoms with Gasteiger partial charge in [-0.05, 0) is 63.7 Å². The Kier molecular flexibility index (Phi) is 4.30. The summed E-state index contributed by atoms with van der Waals surface area (Å²) in [5.74, 6) is 0.0287. The van der Waals surface area contributed by atoms with Gasteiger partial charge < -0.3 is 10.2 Å². The molecule has 2 rings (SSSR count). The molecule has 0 radical (unpaired) electrons. The van der Waals surface area contributed by atoms with Crippen LogP contribution in [0.25, 0.3) is 0 Å². The molecule has 3 nitrogen and oxygen atoms in total. The van der Waals surface area contributed by atoms with E-state index in [1.165, 1.54) is 0 Å². The lowest BCUT2D eigenvalue weighted by Crippen LogP contribution is -2.43. The van der Waals surface area contributed by atoms with E-state index in [0.717, 1.165) is 42.0 Å². The molecule has 1 fully saturated rings. The standard InChI is InChI=1S/C14H20N2OS/c1-10-9-11(3-4-13(10)18)14(17)15-12-5-7-16(2)8-6-12/h3-4,9,12,18H,5-8H2,1-2H3,(H,15,17). The maximum absolute atomic E-state index is 12.1. The first-order valence-electron chi connectivity index (χ1n) is 6.35. The maximum atomic E-state index is 12.1. The second-order valence-corrected chi connectivity index (χ2v) is 5.53. The number of piperidine rings is 1. The Morgan fingerprint density at radius 2 is 2.06 bits per heavy atom. The van der Waals surface area contributed by atoms with Crippen LogP contribution in [-0.2, 0) is 0 Å². The number of amides is 1. The lowest BCUT2D eigenvalue weighted by Gasteiger charge is -2.29. The largest absolute Gasteiger partial charge is 0.349 e. The van der Waals surface area contributed by atoms with Gasteiger partial charge in [0, 0.05) is 16.5 Å². The molecule has 1 aliphatic rings. The van der Waals surface area contributed by atoms with Crippen LogP contribution in [0.2, 0.25) is 0 Å². The van der Waals surface area contributed by atoms with Crippen molar-refractivity contribution >= 4 is 18.5 Å². The molecule has 1 aliphatic heterocycles. The Hall–Kier alpha value is -1.000. The van der Waals surface area contributed by atoms with Gasteiger partial charge in [0.15, 0.2) is 0 Å². The summed E-state index contributed by atoms with van der Waals surface area (Å²) in [5, 5.41) is 3.11. The van der Waals surface area contributed by atoms with E-state index >= 15 is 0 Å². The molecule has 18 heavy (non-hydrogen) atoms. The molecule has 0 saturated carbocycles. The maximum Gasteiger partial charge on any atom is 0.251 e. The van der Waals surface area contributed by atoms with Crippen molar-refractivity contribution in [3.05, 3.63) is 29.3 Å². The van der Waals surface area contributed by atoms with Gasteiger partial charge in [-0.3, -0.25) is 4.79 Å². The molecule has 1 N–H and O–H groups in total. The lowest BCUT2D eigenvalue weighted by atomic mass is 10.0. The molecule has 1 heterocycles. The Morgan fingerprint density at radius 3 is 2.67 bits per heavy atom. The zero-order valence-corrected chi connectivity index (χ0v) is 11.8. The third-order valence-electron chi connectivity index (χ3n) is 3.51. The highest BCUT2D eigenvalue weighted by Crippen LogP contribution is 2.15. The van der Waals surface area contributed by atoms with Gasteiger partial charge in [-0.2, -0.15) is 0 Å². The molecule has 1 aromatic carbocycles. The minimum absolute atomic E-state index is 0.0287. The smallest absolute Gasteiger partial charge is 0.251 e.